The predicted octanol–water partition coefficient (Wildman–Crippen LogP) is 3.13. The minimum atomic E-state index is -0.0848. The van der Waals surface area contributed by atoms with E-state index in [-0.39, 0.29) is 11.5 Å². The minimum absolute atomic E-state index is 0.0848. The first kappa shape index (κ1) is 14.7. The van der Waals surface area contributed by atoms with Crippen LogP contribution in [0.25, 0.3) is 0 Å². The van der Waals surface area contributed by atoms with Gasteiger partial charge in [-0.3, -0.25) is 4.79 Å². The van der Waals surface area contributed by atoms with E-state index in [0.29, 0.717) is 5.82 Å². The topological polar surface area (TPSA) is 57.8 Å². The summed E-state index contributed by atoms with van der Waals surface area (Å²) in [5.74, 6) is 2.43. The van der Waals surface area contributed by atoms with Crippen LogP contribution in [0.15, 0.2) is 10.9 Å². The molecule has 0 aliphatic heterocycles. The van der Waals surface area contributed by atoms with Crippen LogP contribution in [0.2, 0.25) is 0 Å². The Kier molecular flexibility index (Phi) is 5.89. The van der Waals surface area contributed by atoms with Crippen LogP contribution in [0.5, 0.6) is 0 Å². The number of unbranched alkanes of at least 4 members (excludes halogenated alkanes) is 1. The summed E-state index contributed by atoms with van der Waals surface area (Å²) in [7, 11) is 0. The fraction of sp³-hybridized carbons (Fsp3) is 0.714. The van der Waals surface area contributed by atoms with Crippen LogP contribution >= 0.6 is 0 Å². The van der Waals surface area contributed by atoms with E-state index in [9.17, 15) is 4.79 Å². The van der Waals surface area contributed by atoms with E-state index in [1.54, 1.807) is 0 Å². The van der Waals surface area contributed by atoms with E-state index in [1.807, 2.05) is 13.8 Å². The van der Waals surface area contributed by atoms with Gasteiger partial charge >= 0.3 is 0 Å². The molecule has 4 nitrogen and oxygen atoms in total. The number of rotatable bonds is 7. The Morgan fingerprint density at radius 2 is 2.00 bits per heavy atom. The highest BCUT2D eigenvalue weighted by molar-refractivity contribution is 5.33. The molecule has 102 valence electrons. The van der Waals surface area contributed by atoms with Gasteiger partial charge in [-0.2, -0.15) is 0 Å². The molecule has 0 fully saturated rings. The number of anilines is 1. The molecule has 0 spiro atoms. The van der Waals surface area contributed by atoms with Crippen molar-refractivity contribution in [2.45, 2.75) is 52.9 Å². The van der Waals surface area contributed by atoms with Crippen LogP contribution in [0.1, 0.15) is 58.7 Å². The summed E-state index contributed by atoms with van der Waals surface area (Å²) < 4.78 is 0. The van der Waals surface area contributed by atoms with Gasteiger partial charge in [0, 0.05) is 18.5 Å². The van der Waals surface area contributed by atoms with Gasteiger partial charge in [0.05, 0.1) is 0 Å². The van der Waals surface area contributed by atoms with E-state index in [4.69, 9.17) is 0 Å². The SMILES string of the molecule is CC(C)CCCCNc1cc(=O)[nH]c(C(C)C)n1. The molecule has 0 atom stereocenters. The van der Waals surface area contributed by atoms with Gasteiger partial charge in [-0.05, 0) is 12.3 Å². The second-order valence-electron chi connectivity index (χ2n) is 5.49. The molecule has 2 N–H and O–H groups in total. The number of aromatic nitrogens is 2. The highest BCUT2D eigenvalue weighted by Crippen LogP contribution is 2.10. The predicted molar refractivity (Wildman–Crippen MR) is 76.1 cm³/mol. The van der Waals surface area contributed by atoms with Crippen LogP contribution in [0, 0.1) is 5.92 Å². The molecule has 1 aromatic heterocycles. The third kappa shape index (κ3) is 5.34. The van der Waals surface area contributed by atoms with Gasteiger partial charge in [0.1, 0.15) is 11.6 Å². The molecule has 0 radical (unpaired) electrons. The maximum Gasteiger partial charge on any atom is 0.252 e. The molecule has 0 amide bonds. The second kappa shape index (κ2) is 7.19. The van der Waals surface area contributed by atoms with Gasteiger partial charge in [-0.1, -0.05) is 40.5 Å². The third-order valence-electron chi connectivity index (χ3n) is 2.82. The standard InChI is InChI=1S/C14H25N3O/c1-10(2)7-5-6-8-15-12-9-13(18)17-14(16-12)11(3)4/h9-11H,5-8H2,1-4H3,(H2,15,16,17,18). The molecule has 0 saturated heterocycles. The quantitative estimate of drug-likeness (QED) is 0.732. The zero-order valence-corrected chi connectivity index (χ0v) is 11.9. The average Bonchev–Trinajstić information content (AvgIpc) is 2.27. The fourth-order valence-electron chi connectivity index (χ4n) is 1.73. The van der Waals surface area contributed by atoms with Crippen LogP contribution in [0.3, 0.4) is 0 Å². The lowest BCUT2D eigenvalue weighted by Crippen LogP contribution is -2.15. The molecule has 0 aromatic carbocycles. The van der Waals surface area contributed by atoms with Gasteiger partial charge < -0.3 is 10.3 Å². The summed E-state index contributed by atoms with van der Waals surface area (Å²) in [5, 5.41) is 3.22. The summed E-state index contributed by atoms with van der Waals surface area (Å²) in [6.45, 7) is 9.39. The van der Waals surface area contributed by atoms with Crippen LogP contribution < -0.4 is 10.9 Å². The van der Waals surface area contributed by atoms with E-state index in [1.165, 1.54) is 18.9 Å². The summed E-state index contributed by atoms with van der Waals surface area (Å²) in [5.41, 5.74) is -0.0848. The third-order valence-corrected chi connectivity index (χ3v) is 2.82. The van der Waals surface area contributed by atoms with Gasteiger partial charge in [-0.25, -0.2) is 4.98 Å². The number of nitrogens with zero attached hydrogens (tertiary/aromatic N) is 1. The number of hydrogen-bond donors (Lipinski definition) is 2. The van der Waals surface area contributed by atoms with Crippen molar-refractivity contribution in [3.05, 3.63) is 22.2 Å². The molecular formula is C14H25N3O. The van der Waals surface area contributed by atoms with Crippen molar-refractivity contribution < 1.29 is 0 Å². The summed E-state index contributed by atoms with van der Waals surface area (Å²) >= 11 is 0. The van der Waals surface area contributed by atoms with Gasteiger partial charge in [0.2, 0.25) is 0 Å². The Bertz CT molecular complexity index is 410. The summed E-state index contributed by atoms with van der Waals surface area (Å²) in [6, 6.07) is 1.52. The first-order valence-corrected chi connectivity index (χ1v) is 6.84. The van der Waals surface area contributed by atoms with E-state index in [2.05, 4.69) is 29.1 Å². The maximum atomic E-state index is 11.5. The van der Waals surface area contributed by atoms with Crippen molar-refractivity contribution in [1.29, 1.82) is 0 Å². The molecule has 0 saturated carbocycles. The van der Waals surface area contributed by atoms with Crippen molar-refractivity contribution in [2.24, 2.45) is 5.92 Å². The fourth-order valence-corrected chi connectivity index (χ4v) is 1.73. The molecule has 18 heavy (non-hydrogen) atoms. The van der Waals surface area contributed by atoms with Crippen LogP contribution in [-0.4, -0.2) is 16.5 Å². The lowest BCUT2D eigenvalue weighted by Gasteiger charge is -2.09. The molecule has 0 aliphatic rings. The lowest BCUT2D eigenvalue weighted by molar-refractivity contribution is 0.544. The Labute approximate surface area is 109 Å². The largest absolute Gasteiger partial charge is 0.370 e. The molecule has 0 bridgehead atoms. The average molecular weight is 251 g/mol. The van der Waals surface area contributed by atoms with E-state index >= 15 is 0 Å². The lowest BCUT2D eigenvalue weighted by atomic mass is 10.1. The number of H-pyrrole nitrogens is 1. The first-order valence-electron chi connectivity index (χ1n) is 6.84. The first-order chi connectivity index (χ1) is 8.49. The molecule has 1 heterocycles. The highest BCUT2D eigenvalue weighted by atomic mass is 16.1. The van der Waals surface area contributed by atoms with Crippen molar-refractivity contribution in [2.75, 3.05) is 11.9 Å². The smallest absolute Gasteiger partial charge is 0.252 e. The van der Waals surface area contributed by atoms with Gasteiger partial charge in [-0.15, -0.1) is 0 Å². The van der Waals surface area contributed by atoms with E-state index < -0.39 is 0 Å². The monoisotopic (exact) mass is 251 g/mol. The number of aromatic amines is 1. The maximum absolute atomic E-state index is 11.5. The van der Waals surface area contributed by atoms with Crippen LogP contribution in [-0.2, 0) is 0 Å². The van der Waals surface area contributed by atoms with Gasteiger partial charge in [0.25, 0.3) is 5.56 Å². The van der Waals surface area contributed by atoms with Crippen molar-refractivity contribution >= 4 is 5.82 Å². The van der Waals surface area contributed by atoms with Gasteiger partial charge in [0.15, 0.2) is 0 Å². The molecule has 1 rings (SSSR count). The Morgan fingerprint density at radius 1 is 1.28 bits per heavy atom. The number of hydrogen-bond acceptors (Lipinski definition) is 3. The normalized spacial score (nSPS) is 11.2. The Hall–Kier alpha value is -1.32. The Balaban J connectivity index is 2.45. The molecule has 0 unspecified atom stereocenters. The zero-order chi connectivity index (χ0) is 13.5. The minimum Gasteiger partial charge on any atom is -0.370 e. The molecular weight excluding hydrogens is 226 g/mol. The Morgan fingerprint density at radius 3 is 2.61 bits per heavy atom. The summed E-state index contributed by atoms with van der Waals surface area (Å²) in [4.78, 5) is 18.6. The van der Waals surface area contributed by atoms with Crippen molar-refractivity contribution in [1.82, 2.24) is 9.97 Å². The molecule has 1 aromatic rings. The summed E-state index contributed by atoms with van der Waals surface area (Å²) in [6.07, 6.45) is 3.58. The second-order valence-corrected chi connectivity index (χ2v) is 5.49. The number of nitrogens with one attached hydrogen (secondary N) is 2. The highest BCUT2D eigenvalue weighted by Gasteiger charge is 2.04. The van der Waals surface area contributed by atoms with Crippen molar-refractivity contribution in [3.8, 4) is 0 Å². The zero-order valence-electron chi connectivity index (χ0n) is 11.9. The van der Waals surface area contributed by atoms with Crippen molar-refractivity contribution in [3.63, 3.8) is 0 Å². The van der Waals surface area contributed by atoms with E-state index in [0.717, 1.165) is 24.7 Å². The molecule has 4 heteroatoms. The molecule has 0 aliphatic carbocycles. The van der Waals surface area contributed by atoms with Crippen LogP contribution in [0.4, 0.5) is 5.82 Å².